The number of amides is 3. The second-order valence-electron chi connectivity index (χ2n) is 7.35. The molecule has 12 heteroatoms. The van der Waals surface area contributed by atoms with E-state index in [-0.39, 0.29) is 18.9 Å². The first kappa shape index (κ1) is 25.3. The van der Waals surface area contributed by atoms with Gasteiger partial charge in [0.1, 0.15) is 18.1 Å². The molecule has 30 heavy (non-hydrogen) atoms. The summed E-state index contributed by atoms with van der Waals surface area (Å²) in [6.45, 7) is 2.87. The number of carbonyl (C=O) groups excluding carboxylic acids is 3. The van der Waals surface area contributed by atoms with Crippen molar-refractivity contribution < 1.29 is 39.3 Å². The summed E-state index contributed by atoms with van der Waals surface area (Å²) in [5, 5.41) is 32.3. The first-order valence-corrected chi connectivity index (χ1v) is 9.75. The Balaban J connectivity index is 2.90. The fourth-order valence-electron chi connectivity index (χ4n) is 3.18. The third-order valence-electron chi connectivity index (χ3n) is 5.14. The molecule has 1 heterocycles. The lowest BCUT2D eigenvalue weighted by atomic mass is 9.97. The zero-order chi connectivity index (χ0) is 23.0. The number of nitrogens with two attached hydrogens (primary N) is 1. The molecular formula is C18H30N4O8. The number of aliphatic carboxylic acids is 2. The molecule has 12 nitrogen and oxygen atoms in total. The van der Waals surface area contributed by atoms with E-state index in [0.29, 0.717) is 12.8 Å². The molecule has 1 aliphatic rings. The number of nitrogens with zero attached hydrogens (tertiary/aromatic N) is 1. The smallest absolute Gasteiger partial charge is 0.326 e. The molecular weight excluding hydrogens is 400 g/mol. The molecule has 0 spiro atoms. The highest BCUT2D eigenvalue weighted by Crippen LogP contribution is 2.18. The molecule has 0 saturated carbocycles. The van der Waals surface area contributed by atoms with Gasteiger partial charge in [-0.05, 0) is 18.8 Å². The largest absolute Gasteiger partial charge is 0.481 e. The van der Waals surface area contributed by atoms with E-state index in [9.17, 15) is 34.2 Å². The predicted octanol–water partition coefficient (Wildman–Crippen LogP) is -2.13. The van der Waals surface area contributed by atoms with Crippen LogP contribution in [0.3, 0.4) is 0 Å². The second kappa shape index (κ2) is 11.5. The van der Waals surface area contributed by atoms with Crippen molar-refractivity contribution in [2.45, 2.75) is 63.7 Å². The van der Waals surface area contributed by atoms with Gasteiger partial charge in [0.2, 0.25) is 17.7 Å². The molecule has 1 rings (SSSR count). The summed E-state index contributed by atoms with van der Waals surface area (Å²) < 4.78 is 0. The molecule has 1 fully saturated rings. The Hall–Kier alpha value is -2.73. The van der Waals surface area contributed by atoms with Gasteiger partial charge in [0.25, 0.3) is 0 Å². The summed E-state index contributed by atoms with van der Waals surface area (Å²) >= 11 is 0. The van der Waals surface area contributed by atoms with Gasteiger partial charge in [-0.15, -0.1) is 0 Å². The van der Waals surface area contributed by atoms with Gasteiger partial charge in [-0.25, -0.2) is 4.79 Å². The first-order chi connectivity index (χ1) is 14.0. The molecule has 0 bridgehead atoms. The lowest BCUT2D eigenvalue weighted by Gasteiger charge is -2.29. The van der Waals surface area contributed by atoms with Gasteiger partial charge < -0.3 is 36.6 Å². The van der Waals surface area contributed by atoms with E-state index in [4.69, 9.17) is 10.8 Å². The van der Waals surface area contributed by atoms with Crippen LogP contribution in [0.1, 0.15) is 39.5 Å². The fraction of sp³-hybridized carbons (Fsp3) is 0.722. The molecule has 7 N–H and O–H groups in total. The van der Waals surface area contributed by atoms with Crippen molar-refractivity contribution in [2.75, 3.05) is 13.2 Å². The maximum absolute atomic E-state index is 12.7. The predicted molar refractivity (Wildman–Crippen MR) is 103 cm³/mol. The quantitative estimate of drug-likeness (QED) is 0.212. The van der Waals surface area contributed by atoms with Crippen molar-refractivity contribution >= 4 is 29.7 Å². The molecule has 0 aromatic heterocycles. The Labute approximate surface area is 173 Å². The topological polar surface area (TPSA) is 199 Å². The molecule has 0 aromatic carbocycles. The number of nitrogens with one attached hydrogen (secondary N) is 2. The van der Waals surface area contributed by atoms with E-state index in [1.165, 1.54) is 0 Å². The third-order valence-corrected chi connectivity index (χ3v) is 5.14. The number of carbonyl (C=O) groups is 5. The third kappa shape index (κ3) is 6.66. The molecule has 170 valence electrons. The molecule has 0 aromatic rings. The number of carboxylic acid groups (broad SMARTS) is 2. The number of hydrogen-bond acceptors (Lipinski definition) is 7. The molecule has 1 saturated heterocycles. The van der Waals surface area contributed by atoms with Crippen molar-refractivity contribution in [2.24, 2.45) is 11.7 Å². The van der Waals surface area contributed by atoms with Gasteiger partial charge in [-0.1, -0.05) is 20.3 Å². The molecule has 3 amide bonds. The lowest BCUT2D eigenvalue weighted by molar-refractivity contribution is -0.150. The van der Waals surface area contributed by atoms with Gasteiger partial charge in [0.15, 0.2) is 0 Å². The van der Waals surface area contributed by atoms with E-state index < -0.39 is 66.9 Å². The number of aliphatic hydroxyl groups excluding tert-OH is 1. The highest BCUT2D eigenvalue weighted by Gasteiger charge is 2.38. The number of hydrogen-bond donors (Lipinski definition) is 6. The highest BCUT2D eigenvalue weighted by atomic mass is 16.4. The molecule has 5 unspecified atom stereocenters. The van der Waals surface area contributed by atoms with Crippen molar-refractivity contribution in [3.05, 3.63) is 0 Å². The second-order valence-corrected chi connectivity index (χ2v) is 7.35. The van der Waals surface area contributed by atoms with Gasteiger partial charge in [0, 0.05) is 6.54 Å². The summed E-state index contributed by atoms with van der Waals surface area (Å²) in [6, 6.07) is -4.90. The molecule has 5 atom stereocenters. The maximum Gasteiger partial charge on any atom is 0.326 e. The Bertz CT molecular complexity index is 671. The number of likely N-dealkylation sites (tertiary alicyclic amines) is 1. The number of aliphatic hydroxyl groups is 1. The highest BCUT2D eigenvalue weighted by molar-refractivity contribution is 5.95. The Morgan fingerprint density at radius 1 is 1.13 bits per heavy atom. The van der Waals surface area contributed by atoms with Gasteiger partial charge in [-0.2, -0.15) is 0 Å². The van der Waals surface area contributed by atoms with Crippen molar-refractivity contribution in [1.82, 2.24) is 15.5 Å². The van der Waals surface area contributed by atoms with Crippen LogP contribution in [0, 0.1) is 5.92 Å². The molecule has 0 radical (unpaired) electrons. The monoisotopic (exact) mass is 430 g/mol. The van der Waals surface area contributed by atoms with E-state index in [1.807, 2.05) is 0 Å². The zero-order valence-electron chi connectivity index (χ0n) is 17.0. The lowest BCUT2D eigenvalue weighted by Crippen LogP contribution is -2.59. The maximum atomic E-state index is 12.7. The van der Waals surface area contributed by atoms with Crippen LogP contribution in [0.2, 0.25) is 0 Å². The van der Waals surface area contributed by atoms with E-state index >= 15 is 0 Å². The van der Waals surface area contributed by atoms with Crippen LogP contribution in [0.15, 0.2) is 0 Å². The van der Waals surface area contributed by atoms with Crippen LogP contribution in [0.5, 0.6) is 0 Å². The van der Waals surface area contributed by atoms with E-state index in [1.54, 1.807) is 13.8 Å². The van der Waals surface area contributed by atoms with E-state index in [0.717, 1.165) is 4.90 Å². The summed E-state index contributed by atoms with van der Waals surface area (Å²) in [7, 11) is 0. The minimum Gasteiger partial charge on any atom is -0.481 e. The first-order valence-electron chi connectivity index (χ1n) is 9.75. The summed E-state index contributed by atoms with van der Waals surface area (Å²) in [4.78, 5) is 60.7. The van der Waals surface area contributed by atoms with Crippen LogP contribution in [-0.2, 0) is 24.0 Å². The zero-order valence-corrected chi connectivity index (χ0v) is 17.0. The molecule has 1 aliphatic heterocycles. The van der Waals surface area contributed by atoms with Gasteiger partial charge in [0.05, 0.1) is 19.1 Å². The van der Waals surface area contributed by atoms with Crippen LogP contribution in [-0.4, -0.2) is 87.2 Å². The SMILES string of the molecule is CCC(C)C(NC(=O)C(N)CC(=O)O)C(=O)NC(CO)C(=O)N1CCCC1C(=O)O. The van der Waals surface area contributed by atoms with Crippen LogP contribution < -0.4 is 16.4 Å². The number of carboxylic acids is 2. The van der Waals surface area contributed by atoms with Crippen LogP contribution in [0.4, 0.5) is 0 Å². The molecule has 0 aliphatic carbocycles. The van der Waals surface area contributed by atoms with Crippen molar-refractivity contribution in [3.63, 3.8) is 0 Å². The fourth-order valence-corrected chi connectivity index (χ4v) is 3.18. The average molecular weight is 430 g/mol. The standard InChI is InChI=1S/C18H30N4O8/c1-3-9(2)14(21-15(26)10(19)7-13(24)25)16(27)20-11(8-23)17(28)22-6-4-5-12(22)18(29)30/h9-12,14,23H,3-8,19H2,1-2H3,(H,20,27)(H,21,26)(H,24,25)(H,29,30). The number of rotatable bonds is 11. The van der Waals surface area contributed by atoms with Crippen molar-refractivity contribution in [3.8, 4) is 0 Å². The normalized spacial score (nSPS) is 20.0. The van der Waals surface area contributed by atoms with Gasteiger partial charge >= 0.3 is 11.9 Å². The average Bonchev–Trinajstić information content (AvgIpc) is 3.18. The Morgan fingerprint density at radius 2 is 1.77 bits per heavy atom. The Morgan fingerprint density at radius 3 is 2.27 bits per heavy atom. The Kier molecular flexibility index (Phi) is 9.66. The van der Waals surface area contributed by atoms with E-state index in [2.05, 4.69) is 10.6 Å². The van der Waals surface area contributed by atoms with Crippen LogP contribution in [0.25, 0.3) is 0 Å². The minimum atomic E-state index is -1.38. The van der Waals surface area contributed by atoms with Crippen LogP contribution >= 0.6 is 0 Å². The summed E-state index contributed by atoms with van der Waals surface area (Å²) in [5.74, 6) is -5.16. The van der Waals surface area contributed by atoms with Crippen molar-refractivity contribution in [1.29, 1.82) is 0 Å². The summed E-state index contributed by atoms with van der Waals surface area (Å²) in [6.07, 6.45) is 0.615. The minimum absolute atomic E-state index is 0.192. The summed E-state index contributed by atoms with van der Waals surface area (Å²) in [5.41, 5.74) is 5.53. The van der Waals surface area contributed by atoms with Gasteiger partial charge in [-0.3, -0.25) is 19.2 Å².